The van der Waals surface area contributed by atoms with Crippen LogP contribution >= 0.6 is 0 Å². The fourth-order valence-electron chi connectivity index (χ4n) is 1.38. The summed E-state index contributed by atoms with van der Waals surface area (Å²) in [6.07, 6.45) is 1.57. The number of esters is 1. The van der Waals surface area contributed by atoms with Gasteiger partial charge >= 0.3 is 5.97 Å². The molecule has 2 aromatic rings. The molecule has 2 rings (SSSR count). The predicted molar refractivity (Wildman–Crippen MR) is 53.0 cm³/mol. The second-order valence-electron chi connectivity index (χ2n) is 2.99. The number of halogens is 1. The molecule has 0 saturated heterocycles. The van der Waals surface area contributed by atoms with Gasteiger partial charge in [-0.3, -0.25) is 4.98 Å². The van der Waals surface area contributed by atoms with Gasteiger partial charge in [-0.2, -0.15) is 0 Å². The highest BCUT2D eigenvalue weighted by molar-refractivity contribution is 5.94. The Balaban J connectivity index is 2.70. The molecular weight excluding hydrogens is 197 g/mol. The number of pyridine rings is 1. The number of hydrogen-bond acceptors (Lipinski definition) is 3. The maximum Gasteiger partial charge on any atom is 0.340 e. The van der Waals surface area contributed by atoms with E-state index in [1.54, 1.807) is 24.4 Å². The SMILES string of the molecule is COC(=O)c1ccc2ncccc2c1F. The lowest BCUT2D eigenvalue weighted by Gasteiger charge is -2.03. The number of fused-ring (bicyclic) bond motifs is 1. The van der Waals surface area contributed by atoms with Crippen molar-refractivity contribution in [3.63, 3.8) is 0 Å². The summed E-state index contributed by atoms with van der Waals surface area (Å²) in [5, 5.41) is 0.320. The van der Waals surface area contributed by atoms with Crippen molar-refractivity contribution in [3.8, 4) is 0 Å². The standard InChI is InChI=1S/C11H8FNO2/c1-15-11(14)8-4-5-9-7(10(8)12)3-2-6-13-9/h2-6H,1H3. The topological polar surface area (TPSA) is 39.2 Å². The number of benzene rings is 1. The van der Waals surface area contributed by atoms with Gasteiger partial charge in [-0.05, 0) is 24.3 Å². The van der Waals surface area contributed by atoms with Gasteiger partial charge in [0.15, 0.2) is 0 Å². The smallest absolute Gasteiger partial charge is 0.340 e. The molecule has 0 atom stereocenters. The third-order valence-electron chi connectivity index (χ3n) is 2.12. The van der Waals surface area contributed by atoms with Crippen LogP contribution in [0.4, 0.5) is 4.39 Å². The van der Waals surface area contributed by atoms with Crippen LogP contribution in [-0.2, 0) is 4.74 Å². The third-order valence-corrected chi connectivity index (χ3v) is 2.12. The molecule has 76 valence electrons. The molecule has 0 aliphatic heterocycles. The first-order chi connectivity index (χ1) is 7.24. The van der Waals surface area contributed by atoms with Gasteiger partial charge in [0.05, 0.1) is 18.2 Å². The highest BCUT2D eigenvalue weighted by Crippen LogP contribution is 2.19. The lowest BCUT2D eigenvalue weighted by atomic mass is 10.1. The summed E-state index contributed by atoms with van der Waals surface area (Å²) in [5.74, 6) is -1.27. The van der Waals surface area contributed by atoms with Gasteiger partial charge in [-0.25, -0.2) is 9.18 Å². The van der Waals surface area contributed by atoms with Crippen molar-refractivity contribution >= 4 is 16.9 Å². The summed E-state index contributed by atoms with van der Waals surface area (Å²) in [7, 11) is 1.22. The Morgan fingerprint density at radius 2 is 2.20 bits per heavy atom. The van der Waals surface area contributed by atoms with E-state index >= 15 is 0 Å². The second-order valence-corrected chi connectivity index (χ2v) is 2.99. The highest BCUT2D eigenvalue weighted by Gasteiger charge is 2.14. The lowest BCUT2D eigenvalue weighted by Crippen LogP contribution is -2.04. The van der Waals surface area contributed by atoms with E-state index in [4.69, 9.17) is 0 Å². The summed E-state index contributed by atoms with van der Waals surface area (Å²) in [4.78, 5) is 15.2. The number of aromatic nitrogens is 1. The maximum absolute atomic E-state index is 13.8. The zero-order valence-electron chi connectivity index (χ0n) is 8.03. The summed E-state index contributed by atoms with van der Waals surface area (Å²) < 4.78 is 18.2. The van der Waals surface area contributed by atoms with Crippen LogP contribution in [0.15, 0.2) is 30.5 Å². The highest BCUT2D eigenvalue weighted by atomic mass is 19.1. The number of ether oxygens (including phenoxy) is 1. The van der Waals surface area contributed by atoms with Crippen molar-refractivity contribution in [2.75, 3.05) is 7.11 Å². The molecule has 4 heteroatoms. The van der Waals surface area contributed by atoms with E-state index in [1.807, 2.05) is 0 Å². The van der Waals surface area contributed by atoms with Crippen LogP contribution < -0.4 is 0 Å². The van der Waals surface area contributed by atoms with E-state index in [2.05, 4.69) is 9.72 Å². The number of hydrogen-bond donors (Lipinski definition) is 0. The molecular formula is C11H8FNO2. The van der Waals surface area contributed by atoms with Crippen molar-refractivity contribution in [3.05, 3.63) is 41.8 Å². The molecule has 0 N–H and O–H groups in total. The fourth-order valence-corrected chi connectivity index (χ4v) is 1.38. The predicted octanol–water partition coefficient (Wildman–Crippen LogP) is 2.16. The van der Waals surface area contributed by atoms with Crippen LogP contribution in [0.2, 0.25) is 0 Å². The first kappa shape index (κ1) is 9.58. The molecule has 0 fully saturated rings. The minimum atomic E-state index is -0.682. The Morgan fingerprint density at radius 3 is 2.93 bits per heavy atom. The molecule has 0 aliphatic rings. The van der Waals surface area contributed by atoms with Crippen molar-refractivity contribution in [2.24, 2.45) is 0 Å². The van der Waals surface area contributed by atoms with Crippen LogP contribution in [0.3, 0.4) is 0 Å². The number of carbonyl (C=O) groups is 1. The normalized spacial score (nSPS) is 10.3. The Morgan fingerprint density at radius 1 is 1.40 bits per heavy atom. The molecule has 0 bridgehead atoms. The van der Waals surface area contributed by atoms with Gasteiger partial charge < -0.3 is 4.74 Å². The number of nitrogens with zero attached hydrogens (tertiary/aromatic N) is 1. The number of carbonyl (C=O) groups excluding carboxylic acids is 1. The molecule has 1 heterocycles. The largest absolute Gasteiger partial charge is 0.465 e. The first-order valence-electron chi connectivity index (χ1n) is 4.35. The zero-order valence-corrected chi connectivity index (χ0v) is 8.03. The first-order valence-corrected chi connectivity index (χ1v) is 4.35. The van der Waals surface area contributed by atoms with Gasteiger partial charge in [0, 0.05) is 11.6 Å². The molecule has 0 saturated carbocycles. The van der Waals surface area contributed by atoms with Gasteiger partial charge in [0.25, 0.3) is 0 Å². The van der Waals surface area contributed by atoms with E-state index < -0.39 is 11.8 Å². The van der Waals surface area contributed by atoms with Crippen molar-refractivity contribution in [1.82, 2.24) is 4.98 Å². The molecule has 15 heavy (non-hydrogen) atoms. The Hall–Kier alpha value is -1.97. The maximum atomic E-state index is 13.8. The van der Waals surface area contributed by atoms with Crippen molar-refractivity contribution in [2.45, 2.75) is 0 Å². The van der Waals surface area contributed by atoms with Crippen LogP contribution in [0, 0.1) is 5.82 Å². The van der Waals surface area contributed by atoms with Crippen LogP contribution in [0.5, 0.6) is 0 Å². The van der Waals surface area contributed by atoms with Crippen LogP contribution in [0.25, 0.3) is 10.9 Å². The molecule has 0 aliphatic carbocycles. The van der Waals surface area contributed by atoms with E-state index in [1.165, 1.54) is 13.2 Å². The minimum absolute atomic E-state index is 0.0713. The minimum Gasteiger partial charge on any atom is -0.465 e. The van der Waals surface area contributed by atoms with E-state index in [-0.39, 0.29) is 5.56 Å². The quantitative estimate of drug-likeness (QED) is 0.669. The van der Waals surface area contributed by atoms with Crippen LogP contribution in [0.1, 0.15) is 10.4 Å². The van der Waals surface area contributed by atoms with Gasteiger partial charge in [-0.1, -0.05) is 0 Å². The molecule has 1 aromatic heterocycles. The van der Waals surface area contributed by atoms with E-state index in [9.17, 15) is 9.18 Å². The molecule has 3 nitrogen and oxygen atoms in total. The number of rotatable bonds is 1. The van der Waals surface area contributed by atoms with Gasteiger partial charge in [0.2, 0.25) is 0 Å². The average Bonchev–Trinajstić information content (AvgIpc) is 2.29. The fraction of sp³-hybridized carbons (Fsp3) is 0.0909. The molecule has 0 unspecified atom stereocenters. The monoisotopic (exact) mass is 205 g/mol. The van der Waals surface area contributed by atoms with E-state index in [0.29, 0.717) is 10.9 Å². The number of methoxy groups -OCH3 is 1. The van der Waals surface area contributed by atoms with Crippen LogP contribution in [-0.4, -0.2) is 18.1 Å². The summed E-state index contributed by atoms with van der Waals surface area (Å²) in [5.41, 5.74) is 0.445. The summed E-state index contributed by atoms with van der Waals surface area (Å²) in [6, 6.07) is 6.15. The summed E-state index contributed by atoms with van der Waals surface area (Å²) in [6.45, 7) is 0. The lowest BCUT2D eigenvalue weighted by molar-refractivity contribution is 0.0596. The van der Waals surface area contributed by atoms with Gasteiger partial charge in [-0.15, -0.1) is 0 Å². The molecule has 1 aromatic carbocycles. The van der Waals surface area contributed by atoms with Crippen molar-refractivity contribution < 1.29 is 13.9 Å². The Labute approximate surface area is 85.5 Å². The molecule has 0 amide bonds. The Kier molecular flexibility index (Phi) is 2.33. The zero-order chi connectivity index (χ0) is 10.8. The van der Waals surface area contributed by atoms with Gasteiger partial charge in [0.1, 0.15) is 5.82 Å². The molecule has 0 spiro atoms. The Bertz CT molecular complexity index is 525. The third kappa shape index (κ3) is 1.54. The second kappa shape index (κ2) is 3.65. The molecule has 0 radical (unpaired) electrons. The van der Waals surface area contributed by atoms with Crippen molar-refractivity contribution in [1.29, 1.82) is 0 Å². The average molecular weight is 205 g/mol. The van der Waals surface area contributed by atoms with E-state index in [0.717, 1.165) is 0 Å². The summed E-state index contributed by atoms with van der Waals surface area (Å²) >= 11 is 0.